The minimum absolute atomic E-state index is 0.586. The molecule has 34 valence electrons. The van der Waals surface area contributed by atoms with Crippen molar-refractivity contribution in [3.63, 3.8) is 0 Å². The summed E-state index contributed by atoms with van der Waals surface area (Å²) in [7, 11) is -1.02. The Labute approximate surface area is 35.6 Å². The number of carbonyl (C=O) groups is 1. The van der Waals surface area contributed by atoms with Gasteiger partial charge in [-0.05, 0) is 0 Å². The van der Waals surface area contributed by atoms with Gasteiger partial charge in [-0.3, -0.25) is 9.11 Å². The first kappa shape index (κ1) is 5.46. The molecule has 0 aliphatic rings. The lowest BCUT2D eigenvalue weighted by atomic mass is 10.5. The van der Waals surface area contributed by atoms with Crippen LogP contribution in [0.1, 0.15) is 6.92 Å². The van der Waals surface area contributed by atoms with E-state index < -0.39 is 13.7 Å². The van der Waals surface area contributed by atoms with E-state index >= 15 is 0 Å². The molecule has 6 heavy (non-hydrogen) atoms. The molecule has 0 unspecified atom stereocenters. The molecule has 4 heteroatoms. The Kier molecular flexibility index (Phi) is 2.45. The zero-order valence-corrected chi connectivity index (χ0v) is 3.40. The van der Waals surface area contributed by atoms with Gasteiger partial charge in [0.15, 0.2) is 0 Å². The Morgan fingerprint density at radius 2 is 2.50 bits per heavy atom. The highest BCUT2D eigenvalue weighted by molar-refractivity contribution is 6.21. The molecule has 0 spiro atoms. The standard InChI is InChI=1S/C2H4BFO2/c1-2(5)6-3-4/h3H,1H3. The van der Waals surface area contributed by atoms with Crippen LogP contribution in [-0.4, -0.2) is 13.7 Å². The van der Waals surface area contributed by atoms with Crippen LogP contribution in [-0.2, 0) is 9.45 Å². The normalized spacial score (nSPS) is 7.00. The summed E-state index contributed by atoms with van der Waals surface area (Å²) in [6, 6.07) is 0. The summed E-state index contributed by atoms with van der Waals surface area (Å²) in [4.78, 5) is 9.58. The lowest BCUT2D eigenvalue weighted by molar-refractivity contribution is -0.132. The fraction of sp³-hybridized carbons (Fsp3) is 0.500. The molecule has 0 amide bonds. The van der Waals surface area contributed by atoms with Gasteiger partial charge in [0.05, 0.1) is 0 Å². The van der Waals surface area contributed by atoms with Crippen molar-refractivity contribution >= 4 is 13.7 Å². The maximum atomic E-state index is 10.8. The second kappa shape index (κ2) is 2.69. The maximum absolute atomic E-state index is 10.8. The maximum Gasteiger partial charge on any atom is 0.549 e. The number of hydrogen-bond donors (Lipinski definition) is 0. The van der Waals surface area contributed by atoms with Crippen molar-refractivity contribution in [2.75, 3.05) is 0 Å². The van der Waals surface area contributed by atoms with Crippen molar-refractivity contribution < 1.29 is 13.8 Å². The molecule has 0 fully saturated rings. The zero-order valence-electron chi connectivity index (χ0n) is 3.40. The number of halogens is 1. The summed E-state index contributed by atoms with van der Waals surface area (Å²) in [5.41, 5.74) is 0. The quantitative estimate of drug-likeness (QED) is 0.416. The predicted octanol–water partition coefficient (Wildman–Crippen LogP) is -0.214. The SMILES string of the molecule is CC(=O)OBF. The second-order valence-electron chi connectivity index (χ2n) is 0.745. The van der Waals surface area contributed by atoms with Gasteiger partial charge in [0, 0.05) is 6.92 Å². The van der Waals surface area contributed by atoms with E-state index in [-0.39, 0.29) is 0 Å². The molecule has 0 saturated heterocycles. The van der Waals surface area contributed by atoms with Gasteiger partial charge in [-0.25, -0.2) is 0 Å². The number of rotatable bonds is 1. The van der Waals surface area contributed by atoms with Crippen LogP contribution in [0.15, 0.2) is 0 Å². The molecule has 0 atom stereocenters. The van der Waals surface area contributed by atoms with Crippen molar-refractivity contribution in [3.8, 4) is 0 Å². The molecule has 0 heterocycles. The van der Waals surface area contributed by atoms with Crippen LogP contribution >= 0.6 is 0 Å². The molecular formula is C2H4BFO2. The molecular weight excluding hydrogens is 85.8 g/mol. The summed E-state index contributed by atoms with van der Waals surface area (Å²) >= 11 is 0. The van der Waals surface area contributed by atoms with Gasteiger partial charge >= 0.3 is 7.76 Å². The lowest BCUT2D eigenvalue weighted by Gasteiger charge is -1.85. The highest BCUT2D eigenvalue weighted by atomic mass is 19.1. The molecule has 0 aromatic carbocycles. The van der Waals surface area contributed by atoms with E-state index in [1.165, 1.54) is 0 Å². The van der Waals surface area contributed by atoms with Crippen LogP contribution in [0.5, 0.6) is 0 Å². The Balaban J connectivity index is 2.83. The van der Waals surface area contributed by atoms with Gasteiger partial charge in [0.2, 0.25) is 0 Å². The Morgan fingerprint density at radius 1 is 2.00 bits per heavy atom. The van der Waals surface area contributed by atoms with Crippen LogP contribution in [0.2, 0.25) is 0 Å². The van der Waals surface area contributed by atoms with Gasteiger partial charge in [-0.2, -0.15) is 0 Å². The molecule has 0 aromatic heterocycles. The highest BCUT2D eigenvalue weighted by Gasteiger charge is 1.88. The summed E-state index contributed by atoms with van der Waals surface area (Å²) in [6.45, 7) is 1.15. The molecule has 0 rings (SSSR count). The third-order valence-electron chi connectivity index (χ3n) is 0.258. The second-order valence-corrected chi connectivity index (χ2v) is 0.745. The van der Waals surface area contributed by atoms with Crippen LogP contribution in [0.4, 0.5) is 4.32 Å². The average molecular weight is 89.9 g/mol. The summed E-state index contributed by atoms with van der Waals surface area (Å²) in [6.07, 6.45) is 0. The van der Waals surface area contributed by atoms with Crippen molar-refractivity contribution in [2.24, 2.45) is 0 Å². The molecule has 0 radical (unpaired) electrons. The van der Waals surface area contributed by atoms with Gasteiger partial charge in [-0.15, -0.1) is 0 Å². The van der Waals surface area contributed by atoms with Crippen molar-refractivity contribution in [1.82, 2.24) is 0 Å². The van der Waals surface area contributed by atoms with E-state index in [0.717, 1.165) is 6.92 Å². The Hall–Kier alpha value is -0.535. The minimum Gasteiger partial charge on any atom is -0.509 e. The zero-order chi connectivity index (χ0) is 4.99. The number of carbonyl (C=O) groups excluding carboxylic acids is 1. The van der Waals surface area contributed by atoms with Gasteiger partial charge in [-0.1, -0.05) is 0 Å². The lowest BCUT2D eigenvalue weighted by Crippen LogP contribution is -1.97. The van der Waals surface area contributed by atoms with E-state index in [2.05, 4.69) is 4.65 Å². The molecule has 2 nitrogen and oxygen atoms in total. The average Bonchev–Trinajstić information content (AvgIpc) is 1.35. The van der Waals surface area contributed by atoms with Gasteiger partial charge in [0.25, 0.3) is 5.97 Å². The van der Waals surface area contributed by atoms with E-state index in [9.17, 15) is 9.11 Å². The monoisotopic (exact) mass is 90.0 g/mol. The van der Waals surface area contributed by atoms with Crippen LogP contribution in [0.3, 0.4) is 0 Å². The van der Waals surface area contributed by atoms with E-state index in [1.807, 2.05) is 0 Å². The fourth-order valence-electron chi connectivity index (χ4n) is 0.0768. The predicted molar refractivity (Wildman–Crippen MR) is 20.0 cm³/mol. The first-order valence-electron chi connectivity index (χ1n) is 1.46. The highest BCUT2D eigenvalue weighted by Crippen LogP contribution is 1.68. The topological polar surface area (TPSA) is 26.3 Å². The van der Waals surface area contributed by atoms with Crippen molar-refractivity contribution in [2.45, 2.75) is 6.92 Å². The van der Waals surface area contributed by atoms with Gasteiger partial charge in [0.1, 0.15) is 0 Å². The third kappa shape index (κ3) is 3.46. The molecule has 0 saturated carbocycles. The molecule has 0 bridgehead atoms. The number of hydrogen-bond acceptors (Lipinski definition) is 2. The molecule has 0 aromatic rings. The van der Waals surface area contributed by atoms with Crippen LogP contribution < -0.4 is 0 Å². The molecule has 0 aliphatic carbocycles. The van der Waals surface area contributed by atoms with Crippen LogP contribution in [0.25, 0.3) is 0 Å². The van der Waals surface area contributed by atoms with Crippen molar-refractivity contribution in [3.05, 3.63) is 0 Å². The molecule has 0 N–H and O–H groups in total. The smallest absolute Gasteiger partial charge is 0.509 e. The van der Waals surface area contributed by atoms with Crippen LogP contribution in [0, 0.1) is 0 Å². The summed E-state index contributed by atoms with van der Waals surface area (Å²) in [5.74, 6) is -0.586. The Morgan fingerprint density at radius 3 is 2.50 bits per heavy atom. The minimum atomic E-state index is -1.02. The van der Waals surface area contributed by atoms with E-state index in [0.29, 0.717) is 0 Å². The fourth-order valence-corrected chi connectivity index (χ4v) is 0.0768. The summed E-state index contributed by atoms with van der Waals surface area (Å²) < 4.78 is 14.5. The summed E-state index contributed by atoms with van der Waals surface area (Å²) in [5, 5.41) is 0. The largest absolute Gasteiger partial charge is 0.549 e. The van der Waals surface area contributed by atoms with E-state index in [4.69, 9.17) is 0 Å². The van der Waals surface area contributed by atoms with E-state index in [1.54, 1.807) is 0 Å². The first-order chi connectivity index (χ1) is 2.77. The Bertz CT molecular complexity index is 55.5. The third-order valence-corrected chi connectivity index (χ3v) is 0.258. The van der Waals surface area contributed by atoms with Gasteiger partial charge < -0.3 is 4.65 Å². The first-order valence-corrected chi connectivity index (χ1v) is 1.46. The van der Waals surface area contributed by atoms with Crippen molar-refractivity contribution in [1.29, 1.82) is 0 Å². The molecule has 0 aliphatic heterocycles.